The number of hydrogen-bond donors (Lipinski definition) is 1. The molecule has 0 radical (unpaired) electrons. The van der Waals surface area contributed by atoms with Crippen LogP contribution in [-0.2, 0) is 26.6 Å². The third-order valence-corrected chi connectivity index (χ3v) is 9.71. The van der Waals surface area contributed by atoms with Gasteiger partial charge in [-0.05, 0) is 36.7 Å². The van der Waals surface area contributed by atoms with Gasteiger partial charge >= 0.3 is 5.97 Å². The molecule has 2 aliphatic rings. The van der Waals surface area contributed by atoms with Crippen LogP contribution in [0.15, 0.2) is 22.3 Å². The first-order valence-corrected chi connectivity index (χ1v) is 12.5. The number of carbonyl (C=O) groups excluding carboxylic acids is 2. The summed E-state index contributed by atoms with van der Waals surface area (Å²) in [5.41, 5.74) is 3.68. The number of aromatic nitrogens is 1. The van der Waals surface area contributed by atoms with Gasteiger partial charge in [0.2, 0.25) is 10.0 Å². The van der Waals surface area contributed by atoms with Crippen molar-refractivity contribution in [3.63, 3.8) is 0 Å². The first kappa shape index (κ1) is 24.4. The van der Waals surface area contributed by atoms with Crippen molar-refractivity contribution in [1.82, 2.24) is 14.3 Å². The maximum absolute atomic E-state index is 12.7. The van der Waals surface area contributed by atoms with Crippen molar-refractivity contribution in [2.24, 2.45) is 28.9 Å². The third-order valence-electron chi connectivity index (χ3n) is 7.69. The van der Waals surface area contributed by atoms with E-state index in [-0.39, 0.29) is 21.4 Å². The number of rotatable bonds is 8. The molecule has 1 heterocycles. The Bertz CT molecular complexity index is 1040. The molecule has 32 heavy (non-hydrogen) atoms. The molecule has 3 rings (SSSR count). The number of ether oxygens (including phenoxy) is 1. The van der Waals surface area contributed by atoms with Crippen LogP contribution in [0.5, 0.6) is 0 Å². The molecule has 0 aliphatic heterocycles. The normalized spacial score (nSPS) is 25.5. The lowest BCUT2D eigenvalue weighted by atomic mass is 9.70. The van der Waals surface area contributed by atoms with Crippen LogP contribution < -0.4 is 5.43 Å². The van der Waals surface area contributed by atoms with E-state index in [9.17, 15) is 18.0 Å². The number of fused-ring (bicyclic) bond motifs is 2. The summed E-state index contributed by atoms with van der Waals surface area (Å²) < 4.78 is 33.1. The quantitative estimate of drug-likeness (QED) is 0.468. The minimum atomic E-state index is -3.70. The highest BCUT2D eigenvalue weighted by Gasteiger charge is 2.60. The molecule has 2 aliphatic carbocycles. The second-order valence-corrected chi connectivity index (χ2v) is 11.4. The summed E-state index contributed by atoms with van der Waals surface area (Å²) in [5.74, 6) is -0.732. The Morgan fingerprint density at radius 1 is 1.28 bits per heavy atom. The van der Waals surface area contributed by atoms with E-state index in [1.54, 1.807) is 20.9 Å². The largest absolute Gasteiger partial charge is 0.451 e. The van der Waals surface area contributed by atoms with Gasteiger partial charge in [0.25, 0.3) is 5.91 Å². The molecular formula is C22H34N4O5S. The zero-order valence-electron chi connectivity index (χ0n) is 19.8. The summed E-state index contributed by atoms with van der Waals surface area (Å²) in [6, 6.07) is 1.27. The number of carbonyl (C=O) groups is 2. The van der Waals surface area contributed by atoms with E-state index in [1.165, 1.54) is 27.6 Å². The van der Waals surface area contributed by atoms with Crippen LogP contribution in [0.4, 0.5) is 0 Å². The Hall–Kier alpha value is -2.20. The predicted molar refractivity (Wildman–Crippen MR) is 121 cm³/mol. The standard InChI is InChI=1S/C22H34N4O5S/c1-7-26(8-2)32(29,30)16-12-17(25(6)13-16)20(28)31-14-19(27)24-23-18-11-15-9-10-22(18,5)21(15,3)4/h12-13,15H,7-11,14H2,1-6H3,(H,24,27)/b23-18+. The molecule has 0 spiro atoms. The van der Waals surface area contributed by atoms with Gasteiger partial charge in [-0.15, -0.1) is 0 Å². The van der Waals surface area contributed by atoms with E-state index in [2.05, 4.69) is 31.3 Å². The number of sulfonamides is 1. The van der Waals surface area contributed by atoms with Crippen molar-refractivity contribution in [1.29, 1.82) is 0 Å². The summed E-state index contributed by atoms with van der Waals surface area (Å²) in [5, 5.41) is 4.35. The van der Waals surface area contributed by atoms with Crippen LogP contribution in [0, 0.1) is 16.7 Å². The van der Waals surface area contributed by atoms with E-state index >= 15 is 0 Å². The van der Waals surface area contributed by atoms with Gasteiger partial charge < -0.3 is 9.30 Å². The van der Waals surface area contributed by atoms with Crippen LogP contribution in [0.25, 0.3) is 0 Å². The molecular weight excluding hydrogens is 432 g/mol. The Kier molecular flexibility index (Phi) is 6.59. The molecule has 2 saturated carbocycles. The fourth-order valence-electron chi connectivity index (χ4n) is 5.06. The minimum Gasteiger partial charge on any atom is -0.451 e. The highest BCUT2D eigenvalue weighted by atomic mass is 32.2. The highest BCUT2D eigenvalue weighted by Crippen LogP contribution is 2.63. The Morgan fingerprint density at radius 2 is 1.94 bits per heavy atom. The summed E-state index contributed by atoms with van der Waals surface area (Å²) >= 11 is 0. The highest BCUT2D eigenvalue weighted by molar-refractivity contribution is 7.89. The average Bonchev–Trinajstić information content (AvgIpc) is 3.29. The SMILES string of the molecule is CCN(CC)S(=O)(=O)c1cc(C(=O)OCC(=O)N/N=C2\CC3CCC2(C)C3(C)C)n(C)c1. The lowest BCUT2D eigenvalue weighted by Crippen LogP contribution is -2.35. The van der Waals surface area contributed by atoms with E-state index in [0.717, 1.165) is 18.6 Å². The predicted octanol–water partition coefficient (Wildman–Crippen LogP) is 2.53. The van der Waals surface area contributed by atoms with Gasteiger partial charge in [0, 0.05) is 37.5 Å². The summed E-state index contributed by atoms with van der Waals surface area (Å²) in [6.07, 6.45) is 4.47. The van der Waals surface area contributed by atoms with Crippen LogP contribution in [-0.4, -0.2) is 54.6 Å². The van der Waals surface area contributed by atoms with Crippen LogP contribution in [0.2, 0.25) is 0 Å². The number of amides is 1. The van der Waals surface area contributed by atoms with Crippen LogP contribution in [0.3, 0.4) is 0 Å². The molecule has 10 heteroatoms. The van der Waals surface area contributed by atoms with Crippen molar-refractivity contribution in [3.05, 3.63) is 18.0 Å². The first-order chi connectivity index (χ1) is 14.9. The maximum Gasteiger partial charge on any atom is 0.355 e. The van der Waals surface area contributed by atoms with E-state index in [1.807, 2.05) is 0 Å². The molecule has 2 unspecified atom stereocenters. The molecule has 2 atom stereocenters. The topological polar surface area (TPSA) is 110 Å². The van der Waals surface area contributed by atoms with Gasteiger partial charge in [-0.3, -0.25) is 4.79 Å². The van der Waals surface area contributed by atoms with Crippen molar-refractivity contribution < 1.29 is 22.7 Å². The van der Waals surface area contributed by atoms with Crippen LogP contribution in [0.1, 0.15) is 64.4 Å². The second-order valence-electron chi connectivity index (χ2n) is 9.42. The summed E-state index contributed by atoms with van der Waals surface area (Å²) in [4.78, 5) is 24.7. The fraction of sp³-hybridized carbons (Fsp3) is 0.682. The number of hydrogen-bond acceptors (Lipinski definition) is 6. The van der Waals surface area contributed by atoms with Crippen molar-refractivity contribution >= 4 is 27.6 Å². The van der Waals surface area contributed by atoms with Crippen LogP contribution >= 0.6 is 0 Å². The smallest absolute Gasteiger partial charge is 0.355 e. The zero-order chi connectivity index (χ0) is 23.9. The van der Waals surface area contributed by atoms with Gasteiger partial charge in [-0.25, -0.2) is 18.6 Å². The Balaban J connectivity index is 1.61. The number of nitrogens with one attached hydrogen (secondary N) is 1. The maximum atomic E-state index is 12.7. The van der Waals surface area contributed by atoms with E-state index in [0.29, 0.717) is 19.0 Å². The molecule has 1 amide bonds. The third kappa shape index (κ3) is 3.98. The van der Waals surface area contributed by atoms with Crippen molar-refractivity contribution in [2.75, 3.05) is 19.7 Å². The number of aryl methyl sites for hydroxylation is 1. The van der Waals surface area contributed by atoms with E-state index in [4.69, 9.17) is 4.74 Å². The Morgan fingerprint density at radius 3 is 2.47 bits per heavy atom. The molecule has 2 fully saturated rings. The number of nitrogens with zero attached hydrogens (tertiary/aromatic N) is 3. The molecule has 9 nitrogen and oxygen atoms in total. The molecule has 0 aromatic carbocycles. The van der Waals surface area contributed by atoms with E-state index < -0.39 is 28.5 Å². The lowest BCUT2D eigenvalue weighted by Gasteiger charge is -2.34. The van der Waals surface area contributed by atoms with Gasteiger partial charge in [-0.2, -0.15) is 9.41 Å². The molecule has 1 aromatic rings. The van der Waals surface area contributed by atoms with Gasteiger partial charge in [0.1, 0.15) is 10.6 Å². The molecule has 0 saturated heterocycles. The fourth-order valence-corrected chi connectivity index (χ4v) is 6.59. The Labute approximate surface area is 190 Å². The molecule has 2 bridgehead atoms. The zero-order valence-corrected chi connectivity index (χ0v) is 20.6. The average molecular weight is 467 g/mol. The summed E-state index contributed by atoms with van der Waals surface area (Å²) in [7, 11) is -2.14. The molecule has 1 aromatic heterocycles. The number of hydrazone groups is 1. The van der Waals surface area contributed by atoms with Crippen molar-refractivity contribution in [2.45, 2.75) is 58.8 Å². The lowest BCUT2D eigenvalue weighted by molar-refractivity contribution is -0.124. The minimum absolute atomic E-state index is 0.0126. The van der Waals surface area contributed by atoms with Crippen molar-refractivity contribution in [3.8, 4) is 0 Å². The first-order valence-electron chi connectivity index (χ1n) is 11.1. The second kappa shape index (κ2) is 8.62. The summed E-state index contributed by atoms with van der Waals surface area (Å²) in [6.45, 7) is 10.4. The van der Waals surface area contributed by atoms with Gasteiger partial charge in [-0.1, -0.05) is 34.6 Å². The number of esters is 1. The van der Waals surface area contributed by atoms with Gasteiger partial charge in [0.15, 0.2) is 6.61 Å². The molecule has 1 N–H and O–H groups in total. The van der Waals surface area contributed by atoms with Gasteiger partial charge in [0.05, 0.1) is 0 Å². The monoisotopic (exact) mass is 466 g/mol. The molecule has 178 valence electrons.